The molecule has 1 rings (SSSR count). The van der Waals surface area contributed by atoms with Crippen LogP contribution in [0.2, 0.25) is 0 Å². The predicted octanol–water partition coefficient (Wildman–Crippen LogP) is 1.19. The standard InChI is InChI=1S/C14H19NO5/c1-19-7-3-6-13(16)15-9-11-4-2-5-12(8-11)20-10-14(17)18/h2,4-5,8H,3,6-7,9-10H2,1H3,(H,15,16)(H,17,18). The third-order valence-electron chi connectivity index (χ3n) is 2.50. The summed E-state index contributed by atoms with van der Waals surface area (Å²) in [7, 11) is 1.60. The zero-order valence-corrected chi connectivity index (χ0v) is 11.4. The van der Waals surface area contributed by atoms with E-state index in [-0.39, 0.29) is 12.5 Å². The van der Waals surface area contributed by atoms with Crippen molar-refractivity contribution in [1.82, 2.24) is 5.32 Å². The summed E-state index contributed by atoms with van der Waals surface area (Å²) in [5.41, 5.74) is 0.855. The maximum absolute atomic E-state index is 11.5. The summed E-state index contributed by atoms with van der Waals surface area (Å²) in [6.45, 7) is 0.564. The van der Waals surface area contributed by atoms with Crippen LogP contribution in [-0.2, 0) is 20.9 Å². The van der Waals surface area contributed by atoms with Crippen LogP contribution in [0, 0.1) is 0 Å². The lowest BCUT2D eigenvalue weighted by Crippen LogP contribution is -2.22. The minimum absolute atomic E-state index is 0.0427. The topological polar surface area (TPSA) is 84.9 Å². The molecule has 0 radical (unpaired) electrons. The summed E-state index contributed by atoms with van der Waals surface area (Å²) in [6, 6.07) is 6.97. The van der Waals surface area contributed by atoms with Crippen LogP contribution in [0.15, 0.2) is 24.3 Å². The van der Waals surface area contributed by atoms with E-state index >= 15 is 0 Å². The fourth-order valence-corrected chi connectivity index (χ4v) is 1.56. The normalized spacial score (nSPS) is 10.1. The van der Waals surface area contributed by atoms with Gasteiger partial charge in [0.25, 0.3) is 0 Å². The molecular weight excluding hydrogens is 262 g/mol. The second-order valence-electron chi connectivity index (χ2n) is 4.20. The maximum Gasteiger partial charge on any atom is 0.341 e. The largest absolute Gasteiger partial charge is 0.482 e. The van der Waals surface area contributed by atoms with Crippen LogP contribution in [0.5, 0.6) is 5.75 Å². The molecule has 0 spiro atoms. The molecule has 6 heteroatoms. The van der Waals surface area contributed by atoms with Crippen LogP contribution in [-0.4, -0.2) is 37.3 Å². The molecule has 0 unspecified atom stereocenters. The van der Waals surface area contributed by atoms with Crippen LogP contribution in [0.3, 0.4) is 0 Å². The Kier molecular flexibility index (Phi) is 7.13. The zero-order valence-electron chi connectivity index (χ0n) is 11.4. The van der Waals surface area contributed by atoms with Gasteiger partial charge in [0.05, 0.1) is 0 Å². The van der Waals surface area contributed by atoms with Gasteiger partial charge >= 0.3 is 5.97 Å². The number of amides is 1. The minimum Gasteiger partial charge on any atom is -0.482 e. The smallest absolute Gasteiger partial charge is 0.341 e. The molecule has 0 saturated heterocycles. The Hall–Kier alpha value is -2.08. The summed E-state index contributed by atoms with van der Waals surface area (Å²) in [5.74, 6) is -0.598. The van der Waals surface area contributed by atoms with Gasteiger partial charge in [-0.25, -0.2) is 4.79 Å². The highest BCUT2D eigenvalue weighted by Gasteiger charge is 2.03. The predicted molar refractivity (Wildman–Crippen MR) is 72.5 cm³/mol. The number of nitrogens with one attached hydrogen (secondary N) is 1. The fraction of sp³-hybridized carbons (Fsp3) is 0.429. The average Bonchev–Trinajstić information content (AvgIpc) is 2.44. The van der Waals surface area contributed by atoms with Crippen molar-refractivity contribution in [2.24, 2.45) is 0 Å². The van der Waals surface area contributed by atoms with E-state index in [1.807, 2.05) is 6.07 Å². The van der Waals surface area contributed by atoms with E-state index < -0.39 is 5.97 Å². The second-order valence-corrected chi connectivity index (χ2v) is 4.20. The lowest BCUT2D eigenvalue weighted by molar-refractivity contribution is -0.139. The van der Waals surface area contributed by atoms with E-state index in [0.29, 0.717) is 31.7 Å². The van der Waals surface area contributed by atoms with E-state index in [0.717, 1.165) is 5.56 Å². The number of rotatable bonds is 9. The highest BCUT2D eigenvalue weighted by molar-refractivity contribution is 5.75. The van der Waals surface area contributed by atoms with Crippen molar-refractivity contribution >= 4 is 11.9 Å². The van der Waals surface area contributed by atoms with Gasteiger partial charge in [-0.1, -0.05) is 12.1 Å². The molecule has 20 heavy (non-hydrogen) atoms. The molecule has 1 aromatic rings. The number of hydrogen-bond acceptors (Lipinski definition) is 4. The molecule has 1 amide bonds. The molecule has 2 N–H and O–H groups in total. The Morgan fingerprint density at radius 1 is 1.35 bits per heavy atom. The van der Waals surface area contributed by atoms with Gasteiger partial charge in [-0.2, -0.15) is 0 Å². The first-order valence-corrected chi connectivity index (χ1v) is 6.31. The van der Waals surface area contributed by atoms with E-state index in [2.05, 4.69) is 5.32 Å². The van der Waals surface area contributed by atoms with Gasteiger partial charge < -0.3 is 19.9 Å². The Balaban J connectivity index is 2.38. The molecule has 0 bridgehead atoms. The van der Waals surface area contributed by atoms with Crippen molar-refractivity contribution in [2.75, 3.05) is 20.3 Å². The van der Waals surface area contributed by atoms with Crippen molar-refractivity contribution < 1.29 is 24.2 Å². The van der Waals surface area contributed by atoms with E-state index in [1.54, 1.807) is 25.3 Å². The molecule has 6 nitrogen and oxygen atoms in total. The number of methoxy groups -OCH3 is 1. The van der Waals surface area contributed by atoms with Crippen molar-refractivity contribution in [2.45, 2.75) is 19.4 Å². The quantitative estimate of drug-likeness (QED) is 0.664. The van der Waals surface area contributed by atoms with Crippen LogP contribution in [0.4, 0.5) is 0 Å². The summed E-state index contributed by atoms with van der Waals surface area (Å²) >= 11 is 0. The molecule has 0 aliphatic carbocycles. The summed E-state index contributed by atoms with van der Waals surface area (Å²) in [5, 5.41) is 11.3. The first-order valence-electron chi connectivity index (χ1n) is 6.31. The van der Waals surface area contributed by atoms with Gasteiger partial charge in [0.15, 0.2) is 6.61 Å². The Morgan fingerprint density at radius 2 is 2.15 bits per heavy atom. The summed E-state index contributed by atoms with van der Waals surface area (Å²) in [4.78, 5) is 21.9. The number of benzene rings is 1. The molecular formula is C14H19NO5. The number of ether oxygens (including phenoxy) is 2. The zero-order chi connectivity index (χ0) is 14.8. The third kappa shape index (κ3) is 6.75. The van der Waals surface area contributed by atoms with Crippen molar-refractivity contribution in [3.8, 4) is 5.75 Å². The summed E-state index contributed by atoms with van der Waals surface area (Å²) < 4.78 is 9.94. The highest BCUT2D eigenvalue weighted by atomic mass is 16.5. The summed E-state index contributed by atoms with van der Waals surface area (Å²) in [6.07, 6.45) is 1.10. The molecule has 0 aliphatic heterocycles. The molecule has 0 atom stereocenters. The number of aliphatic carboxylic acids is 1. The monoisotopic (exact) mass is 281 g/mol. The van der Waals surface area contributed by atoms with Crippen LogP contribution >= 0.6 is 0 Å². The van der Waals surface area contributed by atoms with Crippen molar-refractivity contribution in [3.05, 3.63) is 29.8 Å². The lowest BCUT2D eigenvalue weighted by Gasteiger charge is -2.08. The Labute approximate surface area is 117 Å². The number of carbonyl (C=O) groups excluding carboxylic acids is 1. The van der Waals surface area contributed by atoms with Crippen LogP contribution in [0.1, 0.15) is 18.4 Å². The lowest BCUT2D eigenvalue weighted by atomic mass is 10.2. The maximum atomic E-state index is 11.5. The molecule has 0 heterocycles. The molecule has 0 aliphatic rings. The van der Waals surface area contributed by atoms with Gasteiger partial charge in [-0.05, 0) is 24.1 Å². The van der Waals surface area contributed by atoms with E-state index in [1.165, 1.54) is 0 Å². The number of carboxylic acids is 1. The fourth-order valence-electron chi connectivity index (χ4n) is 1.56. The van der Waals surface area contributed by atoms with Crippen molar-refractivity contribution in [3.63, 3.8) is 0 Å². The van der Waals surface area contributed by atoms with Gasteiger partial charge in [0.2, 0.25) is 5.91 Å². The first-order chi connectivity index (χ1) is 9.61. The van der Waals surface area contributed by atoms with Crippen molar-refractivity contribution in [1.29, 1.82) is 0 Å². The van der Waals surface area contributed by atoms with Gasteiger partial charge in [0.1, 0.15) is 5.75 Å². The van der Waals surface area contributed by atoms with E-state index in [9.17, 15) is 9.59 Å². The minimum atomic E-state index is -1.03. The molecule has 0 fully saturated rings. The second kappa shape index (κ2) is 8.92. The SMILES string of the molecule is COCCCC(=O)NCc1cccc(OCC(=O)O)c1. The number of carbonyl (C=O) groups is 2. The Morgan fingerprint density at radius 3 is 2.85 bits per heavy atom. The average molecular weight is 281 g/mol. The van der Waals surface area contributed by atoms with Gasteiger partial charge in [0, 0.05) is 26.7 Å². The van der Waals surface area contributed by atoms with Gasteiger partial charge in [-0.15, -0.1) is 0 Å². The van der Waals surface area contributed by atoms with E-state index in [4.69, 9.17) is 14.6 Å². The third-order valence-corrected chi connectivity index (χ3v) is 2.50. The van der Waals surface area contributed by atoms with Gasteiger partial charge in [-0.3, -0.25) is 4.79 Å². The number of carboxylic acid groups (broad SMARTS) is 1. The highest BCUT2D eigenvalue weighted by Crippen LogP contribution is 2.13. The van der Waals surface area contributed by atoms with Crippen LogP contribution < -0.4 is 10.1 Å². The molecule has 0 saturated carbocycles. The van der Waals surface area contributed by atoms with Crippen LogP contribution in [0.25, 0.3) is 0 Å². The molecule has 1 aromatic carbocycles. The molecule has 110 valence electrons. The molecule has 0 aromatic heterocycles. The first kappa shape index (κ1) is 16.0. The number of hydrogen-bond donors (Lipinski definition) is 2. The Bertz CT molecular complexity index is 447.